The van der Waals surface area contributed by atoms with Gasteiger partial charge in [0.2, 0.25) is 0 Å². The van der Waals surface area contributed by atoms with Crippen LogP contribution in [0.2, 0.25) is 0 Å². The highest BCUT2D eigenvalue weighted by Crippen LogP contribution is 2.30. The first-order valence-corrected chi connectivity index (χ1v) is 13.1. The van der Waals surface area contributed by atoms with E-state index in [0.717, 1.165) is 74.1 Å². The summed E-state index contributed by atoms with van der Waals surface area (Å²) in [7, 11) is 0. The summed E-state index contributed by atoms with van der Waals surface area (Å²) >= 11 is 3.50. The minimum Gasteiger partial charge on any atom is -0.301 e. The number of hydrogen-bond acceptors (Lipinski definition) is 2. The number of halogens is 3. The van der Waals surface area contributed by atoms with Crippen LogP contribution in [-0.2, 0) is 6.54 Å². The molecule has 0 unspecified atom stereocenters. The minimum atomic E-state index is -0.224. The molecule has 1 aliphatic heterocycles. The molecular formula is C29H33BrF2N2. The molecule has 0 N–H and O–H groups in total. The number of hydrogen-bond donors (Lipinski definition) is 0. The maximum absolute atomic E-state index is 13.4. The molecule has 2 nitrogen and oxygen atoms in total. The van der Waals surface area contributed by atoms with Gasteiger partial charge >= 0.3 is 0 Å². The van der Waals surface area contributed by atoms with Gasteiger partial charge in [-0.1, -0.05) is 65.2 Å². The van der Waals surface area contributed by atoms with E-state index in [9.17, 15) is 8.78 Å². The average Bonchev–Trinajstić information content (AvgIpc) is 2.85. The van der Waals surface area contributed by atoms with Crippen LogP contribution in [0, 0.1) is 11.6 Å². The Morgan fingerprint density at radius 1 is 0.647 bits per heavy atom. The quantitative estimate of drug-likeness (QED) is 0.257. The van der Waals surface area contributed by atoms with Crippen molar-refractivity contribution in [3.63, 3.8) is 0 Å². The lowest BCUT2D eigenvalue weighted by Crippen LogP contribution is -2.46. The molecule has 0 bridgehead atoms. The summed E-state index contributed by atoms with van der Waals surface area (Å²) in [5.41, 5.74) is 3.55. The van der Waals surface area contributed by atoms with Crippen LogP contribution >= 0.6 is 15.9 Å². The molecule has 4 rings (SSSR count). The Balaban J connectivity index is 1.19. The van der Waals surface area contributed by atoms with Crippen molar-refractivity contribution in [2.24, 2.45) is 0 Å². The van der Waals surface area contributed by atoms with E-state index >= 15 is 0 Å². The molecule has 0 spiro atoms. The standard InChI is InChI=1S/C29H33BrF2N2/c30-26-11-5-23(6-12-26)22-34-20-18-33(19-21-34)17-3-1-2-4-29(24-7-13-27(31)14-8-24)25-9-15-28(32)16-10-25/h5-16,29H,1-4,17-22H2. The Labute approximate surface area is 210 Å². The van der Waals surface area contributed by atoms with E-state index in [2.05, 4.69) is 50.0 Å². The number of nitrogens with zero attached hydrogens (tertiary/aromatic N) is 2. The van der Waals surface area contributed by atoms with Gasteiger partial charge in [0.15, 0.2) is 0 Å². The zero-order chi connectivity index (χ0) is 23.8. The SMILES string of the molecule is Fc1ccc(C(CCCCCN2CCN(Cc3ccc(Br)cc3)CC2)c2ccc(F)cc2)cc1. The second-order valence-corrected chi connectivity index (χ2v) is 10.2. The van der Waals surface area contributed by atoms with Crippen LogP contribution in [0.15, 0.2) is 77.3 Å². The largest absolute Gasteiger partial charge is 0.301 e. The highest BCUT2D eigenvalue weighted by Gasteiger charge is 2.17. The smallest absolute Gasteiger partial charge is 0.123 e. The normalized spacial score (nSPS) is 15.2. The van der Waals surface area contributed by atoms with Gasteiger partial charge in [-0.3, -0.25) is 4.90 Å². The second-order valence-electron chi connectivity index (χ2n) is 9.25. The first-order valence-electron chi connectivity index (χ1n) is 12.3. The second kappa shape index (κ2) is 12.6. The van der Waals surface area contributed by atoms with E-state index in [1.165, 1.54) is 36.2 Å². The summed E-state index contributed by atoms with van der Waals surface area (Å²) in [6.45, 7) is 6.66. The third-order valence-corrected chi connectivity index (χ3v) is 7.32. The fraction of sp³-hybridized carbons (Fsp3) is 0.379. The molecular weight excluding hydrogens is 494 g/mol. The summed E-state index contributed by atoms with van der Waals surface area (Å²) < 4.78 is 28.0. The fourth-order valence-electron chi connectivity index (χ4n) is 4.80. The summed E-state index contributed by atoms with van der Waals surface area (Å²) in [6.07, 6.45) is 4.44. The van der Waals surface area contributed by atoms with Gasteiger partial charge in [0.1, 0.15) is 11.6 Å². The van der Waals surface area contributed by atoms with Crippen molar-refractivity contribution in [3.05, 3.63) is 106 Å². The molecule has 0 aromatic heterocycles. The molecule has 180 valence electrons. The van der Waals surface area contributed by atoms with Crippen LogP contribution < -0.4 is 0 Å². The van der Waals surface area contributed by atoms with E-state index in [1.54, 1.807) is 0 Å². The van der Waals surface area contributed by atoms with Gasteiger partial charge < -0.3 is 4.90 Å². The molecule has 3 aromatic rings. The van der Waals surface area contributed by atoms with Gasteiger partial charge in [-0.15, -0.1) is 0 Å². The topological polar surface area (TPSA) is 6.48 Å². The van der Waals surface area contributed by atoms with E-state index in [-0.39, 0.29) is 17.6 Å². The highest BCUT2D eigenvalue weighted by atomic mass is 79.9. The van der Waals surface area contributed by atoms with Crippen LogP contribution in [0.4, 0.5) is 8.78 Å². The van der Waals surface area contributed by atoms with Crippen molar-refractivity contribution >= 4 is 15.9 Å². The summed E-state index contributed by atoms with van der Waals surface area (Å²) in [6, 6.07) is 22.1. The van der Waals surface area contributed by atoms with Crippen LogP contribution in [0.5, 0.6) is 0 Å². The lowest BCUT2D eigenvalue weighted by Gasteiger charge is -2.34. The lowest BCUT2D eigenvalue weighted by molar-refractivity contribution is 0.125. The summed E-state index contributed by atoms with van der Waals surface area (Å²) in [5.74, 6) is -0.277. The van der Waals surface area contributed by atoms with E-state index in [0.29, 0.717) is 0 Å². The van der Waals surface area contributed by atoms with E-state index in [1.807, 2.05) is 24.3 Å². The molecule has 1 aliphatic rings. The Bertz CT molecular complexity index is 952. The molecule has 1 saturated heterocycles. The van der Waals surface area contributed by atoms with Gasteiger partial charge in [-0.05, 0) is 72.5 Å². The van der Waals surface area contributed by atoms with Crippen molar-refractivity contribution < 1.29 is 8.78 Å². The Hall–Kier alpha value is -2.08. The lowest BCUT2D eigenvalue weighted by atomic mass is 9.87. The zero-order valence-electron chi connectivity index (χ0n) is 19.6. The Morgan fingerprint density at radius 3 is 1.74 bits per heavy atom. The van der Waals surface area contributed by atoms with Crippen LogP contribution in [0.1, 0.15) is 48.3 Å². The first-order chi connectivity index (χ1) is 16.6. The van der Waals surface area contributed by atoms with Crippen molar-refractivity contribution in [1.29, 1.82) is 0 Å². The van der Waals surface area contributed by atoms with E-state index in [4.69, 9.17) is 0 Å². The number of piperazine rings is 1. The van der Waals surface area contributed by atoms with Crippen molar-refractivity contribution in [2.75, 3.05) is 32.7 Å². The minimum absolute atomic E-state index is 0.170. The summed E-state index contributed by atoms with van der Waals surface area (Å²) in [5, 5.41) is 0. The maximum atomic E-state index is 13.4. The molecule has 0 saturated carbocycles. The first kappa shape index (κ1) is 25.0. The fourth-order valence-corrected chi connectivity index (χ4v) is 5.06. The highest BCUT2D eigenvalue weighted by molar-refractivity contribution is 9.10. The molecule has 0 atom stereocenters. The maximum Gasteiger partial charge on any atom is 0.123 e. The number of rotatable bonds is 10. The molecule has 3 aromatic carbocycles. The molecule has 0 radical (unpaired) electrons. The third-order valence-electron chi connectivity index (χ3n) is 6.80. The molecule has 0 amide bonds. The monoisotopic (exact) mass is 526 g/mol. The molecule has 1 heterocycles. The van der Waals surface area contributed by atoms with Gasteiger partial charge in [0.25, 0.3) is 0 Å². The predicted molar refractivity (Wildman–Crippen MR) is 139 cm³/mol. The zero-order valence-corrected chi connectivity index (χ0v) is 21.2. The summed E-state index contributed by atoms with van der Waals surface area (Å²) in [4.78, 5) is 5.12. The van der Waals surface area contributed by atoms with Crippen LogP contribution in [0.3, 0.4) is 0 Å². The van der Waals surface area contributed by atoms with Crippen molar-refractivity contribution in [2.45, 2.75) is 38.1 Å². The van der Waals surface area contributed by atoms with Crippen LogP contribution in [0.25, 0.3) is 0 Å². The third kappa shape index (κ3) is 7.46. The Morgan fingerprint density at radius 2 is 1.18 bits per heavy atom. The number of benzene rings is 3. The average molecular weight is 527 g/mol. The van der Waals surface area contributed by atoms with Crippen molar-refractivity contribution in [3.8, 4) is 0 Å². The van der Waals surface area contributed by atoms with Crippen LogP contribution in [-0.4, -0.2) is 42.5 Å². The van der Waals surface area contributed by atoms with E-state index < -0.39 is 0 Å². The van der Waals surface area contributed by atoms with Gasteiger partial charge in [-0.2, -0.15) is 0 Å². The Kier molecular flexibility index (Phi) is 9.25. The molecule has 5 heteroatoms. The van der Waals surface area contributed by atoms with Gasteiger partial charge in [0.05, 0.1) is 0 Å². The predicted octanol–water partition coefficient (Wildman–Crippen LogP) is 7.24. The van der Waals surface area contributed by atoms with Gasteiger partial charge in [-0.25, -0.2) is 8.78 Å². The molecule has 1 fully saturated rings. The molecule has 34 heavy (non-hydrogen) atoms. The molecule has 0 aliphatic carbocycles. The van der Waals surface area contributed by atoms with Gasteiger partial charge in [0, 0.05) is 43.1 Å². The number of unbranched alkanes of at least 4 members (excludes halogenated alkanes) is 2. The van der Waals surface area contributed by atoms with Crippen molar-refractivity contribution in [1.82, 2.24) is 9.80 Å².